The first-order valence-electron chi connectivity index (χ1n) is 12.2. The van der Waals surface area contributed by atoms with Gasteiger partial charge < -0.3 is 20.1 Å². The van der Waals surface area contributed by atoms with Gasteiger partial charge in [-0.15, -0.1) is 0 Å². The zero-order valence-electron chi connectivity index (χ0n) is 22.1. The number of benzene rings is 2. The largest absolute Gasteiger partial charge is 0.478 e. The summed E-state index contributed by atoms with van der Waals surface area (Å²) in [5.41, 5.74) is 2.99. The zero-order chi connectivity index (χ0) is 28.0. The van der Waals surface area contributed by atoms with Gasteiger partial charge in [0.25, 0.3) is 10.0 Å². The number of aryl methyl sites for hydroxylation is 2. The van der Waals surface area contributed by atoms with Crippen LogP contribution in [0.1, 0.15) is 41.8 Å². The summed E-state index contributed by atoms with van der Waals surface area (Å²) in [6, 6.07) is 12.3. The quantitative estimate of drug-likeness (QED) is 0.252. The predicted octanol–water partition coefficient (Wildman–Crippen LogP) is 3.75. The summed E-state index contributed by atoms with van der Waals surface area (Å²) in [6.07, 6.45) is 0.735. The number of aromatic nitrogens is 2. The maximum Gasteiger partial charge on any atom is 0.373 e. The number of carboxylic acids is 1. The van der Waals surface area contributed by atoms with Gasteiger partial charge in [-0.3, -0.25) is 0 Å². The fraction of sp³-hybridized carbons (Fsp3) is 0.346. The van der Waals surface area contributed by atoms with Gasteiger partial charge >= 0.3 is 13.0 Å². The highest BCUT2D eigenvalue weighted by Crippen LogP contribution is 2.29. The van der Waals surface area contributed by atoms with Crippen LogP contribution in [-0.2, 0) is 10.0 Å². The number of nitrogens with zero attached hydrogens (tertiary/aromatic N) is 2. The highest BCUT2D eigenvalue weighted by atomic mass is 32.2. The third-order valence-electron chi connectivity index (χ3n) is 5.72. The van der Waals surface area contributed by atoms with E-state index in [1.807, 2.05) is 32.0 Å². The maximum absolute atomic E-state index is 13.1. The fourth-order valence-corrected chi connectivity index (χ4v) is 5.14. The van der Waals surface area contributed by atoms with E-state index in [9.17, 15) is 23.3 Å². The van der Waals surface area contributed by atoms with Crippen LogP contribution in [0.5, 0.6) is 5.88 Å². The first-order valence-corrected chi connectivity index (χ1v) is 13.7. The molecule has 1 aromatic heterocycles. The number of rotatable bonds is 12. The molecule has 0 unspecified atom stereocenters. The van der Waals surface area contributed by atoms with Crippen molar-refractivity contribution in [3.63, 3.8) is 0 Å². The standard InChI is InChI=1S/C26H33BN4O6S/c1-16(2)12-20(30-27(5)34)15-37-23-14-22(24-17(3)8-6-9-18(24)4)28-26(29-23)31-38(35,36)21-11-7-10-19(13-21)25(32)33/h6-11,13-14,16,20,30,34H,12,15H2,1-5H3,(H,32,33)(H,28,29,31)/t20-/m1/s1. The van der Waals surface area contributed by atoms with E-state index < -0.39 is 23.0 Å². The van der Waals surface area contributed by atoms with Gasteiger partial charge in [0.2, 0.25) is 11.8 Å². The van der Waals surface area contributed by atoms with E-state index >= 15 is 0 Å². The van der Waals surface area contributed by atoms with Crippen LogP contribution in [0.25, 0.3) is 11.3 Å². The number of nitrogens with one attached hydrogen (secondary N) is 2. The van der Waals surface area contributed by atoms with Crippen molar-refractivity contribution in [3.8, 4) is 17.1 Å². The number of sulfonamides is 1. The number of hydrogen-bond acceptors (Lipinski definition) is 8. The predicted molar refractivity (Wildman–Crippen MR) is 147 cm³/mol. The summed E-state index contributed by atoms with van der Waals surface area (Å²) in [5, 5.41) is 22.1. The van der Waals surface area contributed by atoms with Crippen molar-refractivity contribution in [2.24, 2.45) is 5.92 Å². The van der Waals surface area contributed by atoms with Crippen LogP contribution in [0.4, 0.5) is 5.95 Å². The highest BCUT2D eigenvalue weighted by Gasteiger charge is 2.21. The lowest BCUT2D eigenvalue weighted by molar-refractivity contribution is 0.0696. The van der Waals surface area contributed by atoms with E-state index in [2.05, 4.69) is 33.8 Å². The van der Waals surface area contributed by atoms with Crippen LogP contribution in [-0.4, -0.2) is 54.2 Å². The molecule has 0 aliphatic rings. The van der Waals surface area contributed by atoms with E-state index in [4.69, 9.17) is 4.74 Å². The van der Waals surface area contributed by atoms with Crippen molar-refractivity contribution in [1.29, 1.82) is 0 Å². The van der Waals surface area contributed by atoms with Crippen molar-refractivity contribution in [2.75, 3.05) is 11.3 Å². The number of anilines is 1. The average molecular weight is 540 g/mol. The Morgan fingerprint density at radius 2 is 1.74 bits per heavy atom. The molecule has 1 heterocycles. The Morgan fingerprint density at radius 1 is 1.08 bits per heavy atom. The molecule has 3 aromatic rings. The molecule has 0 radical (unpaired) electrons. The molecule has 10 nitrogen and oxygen atoms in total. The molecule has 38 heavy (non-hydrogen) atoms. The molecule has 0 amide bonds. The molecule has 4 N–H and O–H groups in total. The molecule has 2 aromatic carbocycles. The van der Waals surface area contributed by atoms with Gasteiger partial charge in [0, 0.05) is 17.7 Å². The summed E-state index contributed by atoms with van der Waals surface area (Å²) < 4.78 is 34.6. The van der Waals surface area contributed by atoms with E-state index in [0.29, 0.717) is 11.6 Å². The first-order chi connectivity index (χ1) is 17.9. The molecule has 0 saturated heterocycles. The lowest BCUT2D eigenvalue weighted by Crippen LogP contribution is -2.44. The normalized spacial score (nSPS) is 12.3. The van der Waals surface area contributed by atoms with Crippen LogP contribution in [0, 0.1) is 19.8 Å². The molecule has 202 valence electrons. The van der Waals surface area contributed by atoms with Crippen LogP contribution in [0.15, 0.2) is 53.4 Å². The lowest BCUT2D eigenvalue weighted by atomic mass is 9.86. The molecule has 0 spiro atoms. The van der Waals surface area contributed by atoms with Gasteiger partial charge in [0.15, 0.2) is 0 Å². The number of hydrogen-bond donors (Lipinski definition) is 4. The van der Waals surface area contributed by atoms with Gasteiger partial charge in [-0.05, 0) is 62.3 Å². The topological polar surface area (TPSA) is 151 Å². The second-order valence-electron chi connectivity index (χ2n) is 9.60. The fourth-order valence-electron chi connectivity index (χ4n) is 4.15. The average Bonchev–Trinajstić information content (AvgIpc) is 2.81. The smallest absolute Gasteiger partial charge is 0.373 e. The molecular weight excluding hydrogens is 507 g/mol. The summed E-state index contributed by atoms with van der Waals surface area (Å²) in [4.78, 5) is 19.8. The monoisotopic (exact) mass is 540 g/mol. The minimum atomic E-state index is -4.21. The molecule has 1 atom stereocenters. The molecule has 0 aliphatic heterocycles. The van der Waals surface area contributed by atoms with Crippen LogP contribution >= 0.6 is 0 Å². The van der Waals surface area contributed by atoms with Crippen molar-refractivity contribution < 1.29 is 28.1 Å². The van der Waals surface area contributed by atoms with Crippen molar-refractivity contribution in [2.45, 2.75) is 51.9 Å². The van der Waals surface area contributed by atoms with Crippen molar-refractivity contribution >= 4 is 29.0 Å². The molecule has 12 heteroatoms. The molecule has 0 saturated carbocycles. The number of carboxylic acid groups (broad SMARTS) is 1. The van der Waals surface area contributed by atoms with Crippen LogP contribution in [0.2, 0.25) is 6.82 Å². The Balaban J connectivity index is 2.01. The summed E-state index contributed by atoms with van der Waals surface area (Å²) in [6.45, 7) is 9.79. The SMILES string of the molecule is CB(O)N[C@@H](COc1cc(-c2c(C)cccc2C)nc(NS(=O)(=O)c2cccc(C(=O)O)c2)n1)CC(C)C. The van der Waals surface area contributed by atoms with E-state index in [0.717, 1.165) is 29.2 Å². The Hall–Kier alpha value is -3.48. The summed E-state index contributed by atoms with van der Waals surface area (Å²) >= 11 is 0. The van der Waals surface area contributed by atoms with Gasteiger partial charge in [0.05, 0.1) is 16.2 Å². The third kappa shape index (κ3) is 7.76. The second-order valence-corrected chi connectivity index (χ2v) is 11.3. The van der Waals surface area contributed by atoms with E-state index in [-0.39, 0.29) is 34.9 Å². The van der Waals surface area contributed by atoms with Gasteiger partial charge in [-0.25, -0.2) is 22.9 Å². The van der Waals surface area contributed by atoms with Gasteiger partial charge in [-0.1, -0.05) is 38.1 Å². The number of ether oxygens (including phenoxy) is 1. The Morgan fingerprint density at radius 3 is 2.34 bits per heavy atom. The van der Waals surface area contributed by atoms with Crippen LogP contribution in [0.3, 0.4) is 0 Å². The number of aromatic carboxylic acids is 1. The maximum atomic E-state index is 13.1. The van der Waals surface area contributed by atoms with Gasteiger partial charge in [-0.2, -0.15) is 4.98 Å². The number of carbonyl (C=O) groups is 1. The second kappa shape index (κ2) is 12.4. The molecular formula is C26H33BN4O6S. The summed E-state index contributed by atoms with van der Waals surface area (Å²) in [5.74, 6) is -0.970. The van der Waals surface area contributed by atoms with Crippen molar-refractivity contribution in [1.82, 2.24) is 15.2 Å². The Bertz CT molecular complexity index is 1370. The molecule has 0 fully saturated rings. The Labute approximate surface area is 223 Å². The summed E-state index contributed by atoms with van der Waals surface area (Å²) in [7, 11) is -4.94. The highest BCUT2D eigenvalue weighted by molar-refractivity contribution is 7.92. The minimum Gasteiger partial charge on any atom is -0.478 e. The Kier molecular flexibility index (Phi) is 9.48. The zero-order valence-corrected chi connectivity index (χ0v) is 22.9. The van der Waals surface area contributed by atoms with E-state index in [1.165, 1.54) is 18.2 Å². The first kappa shape index (κ1) is 29.1. The lowest BCUT2D eigenvalue weighted by Gasteiger charge is -2.22. The van der Waals surface area contributed by atoms with Crippen molar-refractivity contribution in [3.05, 3.63) is 65.2 Å². The third-order valence-corrected chi connectivity index (χ3v) is 7.05. The van der Waals surface area contributed by atoms with E-state index in [1.54, 1.807) is 12.9 Å². The minimum absolute atomic E-state index is 0.149. The van der Waals surface area contributed by atoms with Gasteiger partial charge in [0.1, 0.15) is 6.61 Å². The molecule has 0 aliphatic carbocycles. The van der Waals surface area contributed by atoms with Crippen LogP contribution < -0.4 is 14.7 Å². The molecule has 0 bridgehead atoms. The molecule has 3 rings (SSSR count).